The van der Waals surface area contributed by atoms with E-state index in [9.17, 15) is 19.5 Å². The van der Waals surface area contributed by atoms with Gasteiger partial charge in [0.1, 0.15) is 5.54 Å². The summed E-state index contributed by atoms with van der Waals surface area (Å²) in [5.41, 5.74) is -0.678. The predicted molar refractivity (Wildman–Crippen MR) is 127 cm³/mol. The van der Waals surface area contributed by atoms with Crippen molar-refractivity contribution in [1.82, 2.24) is 15.1 Å². The quantitative estimate of drug-likeness (QED) is 0.621. The van der Waals surface area contributed by atoms with Gasteiger partial charge in [0.25, 0.3) is 0 Å². The van der Waals surface area contributed by atoms with Gasteiger partial charge in [-0.1, -0.05) is 36.2 Å². The normalized spacial score (nSPS) is 26.8. The predicted octanol–water partition coefficient (Wildman–Crippen LogP) is 4.03. The van der Waals surface area contributed by atoms with Crippen molar-refractivity contribution in [2.24, 2.45) is 11.3 Å². The molecule has 180 valence electrons. The highest BCUT2D eigenvalue weighted by Gasteiger charge is 2.57. The van der Waals surface area contributed by atoms with Crippen molar-refractivity contribution in [3.63, 3.8) is 0 Å². The Labute approximate surface area is 204 Å². The first-order valence-corrected chi connectivity index (χ1v) is 12.4. The first kappa shape index (κ1) is 24.3. The Morgan fingerprint density at radius 2 is 1.85 bits per heavy atom. The number of carbonyl (C=O) groups is 3. The third-order valence-corrected chi connectivity index (χ3v) is 8.53. The molecule has 2 aliphatic heterocycles. The smallest absolute Gasteiger partial charge is 0.408 e. The standard InChI is InChI=1S/C24H31Cl2N3O4/c1-3-29(22(32)33)24(14-27-13-17(24)16-4-5-18(25)19(26)12-16)20(30)15-6-10-28(11-7-15)21(31)23(2)8-9-23/h4-5,12,15,17,27H,3,6-11,13-14H2,1-2H3,(H,32,33)/t17-,24+/m1/s1. The molecule has 1 saturated carbocycles. The van der Waals surface area contributed by atoms with Crippen molar-refractivity contribution in [2.75, 3.05) is 32.7 Å². The molecule has 0 bridgehead atoms. The van der Waals surface area contributed by atoms with Gasteiger partial charge in [0, 0.05) is 50.0 Å². The molecule has 2 heterocycles. The summed E-state index contributed by atoms with van der Waals surface area (Å²) in [7, 11) is 0. The van der Waals surface area contributed by atoms with Gasteiger partial charge in [-0.05, 0) is 50.3 Å². The first-order valence-electron chi connectivity index (χ1n) is 11.6. The van der Waals surface area contributed by atoms with Crippen molar-refractivity contribution < 1.29 is 19.5 Å². The van der Waals surface area contributed by atoms with Crippen LogP contribution in [0.25, 0.3) is 0 Å². The molecule has 9 heteroatoms. The van der Waals surface area contributed by atoms with Gasteiger partial charge in [0.15, 0.2) is 5.78 Å². The maximum atomic E-state index is 14.1. The average molecular weight is 496 g/mol. The van der Waals surface area contributed by atoms with E-state index >= 15 is 0 Å². The van der Waals surface area contributed by atoms with Crippen LogP contribution in [-0.2, 0) is 9.59 Å². The second-order valence-electron chi connectivity index (χ2n) is 9.80. The lowest BCUT2D eigenvalue weighted by atomic mass is 9.71. The van der Waals surface area contributed by atoms with E-state index < -0.39 is 11.6 Å². The van der Waals surface area contributed by atoms with Crippen LogP contribution >= 0.6 is 23.2 Å². The zero-order valence-electron chi connectivity index (χ0n) is 19.1. The molecule has 0 radical (unpaired) electrons. The van der Waals surface area contributed by atoms with Crippen molar-refractivity contribution >= 4 is 41.0 Å². The van der Waals surface area contributed by atoms with Crippen LogP contribution in [0.2, 0.25) is 10.0 Å². The third kappa shape index (κ3) is 4.24. The summed E-state index contributed by atoms with van der Waals surface area (Å²) in [4.78, 5) is 42.4. The zero-order valence-corrected chi connectivity index (χ0v) is 20.6. The lowest BCUT2D eigenvalue weighted by molar-refractivity contribution is -0.142. The molecule has 2 N–H and O–H groups in total. The summed E-state index contributed by atoms with van der Waals surface area (Å²) in [6, 6.07) is 5.24. The van der Waals surface area contributed by atoms with E-state index in [2.05, 4.69) is 5.32 Å². The number of likely N-dealkylation sites (tertiary alicyclic amines) is 1. The Morgan fingerprint density at radius 3 is 2.39 bits per heavy atom. The van der Waals surface area contributed by atoms with Crippen LogP contribution in [0.4, 0.5) is 4.79 Å². The molecule has 3 fully saturated rings. The van der Waals surface area contributed by atoms with E-state index in [1.807, 2.05) is 17.9 Å². The fourth-order valence-electron chi connectivity index (χ4n) is 5.57. The lowest BCUT2D eigenvalue weighted by Crippen LogP contribution is -2.63. The number of carboxylic acid groups (broad SMARTS) is 1. The largest absolute Gasteiger partial charge is 0.465 e. The molecule has 1 aliphatic carbocycles. The Hall–Kier alpha value is -1.83. The molecule has 1 aromatic rings. The molecule has 2 saturated heterocycles. The van der Waals surface area contributed by atoms with Crippen LogP contribution in [0.5, 0.6) is 0 Å². The van der Waals surface area contributed by atoms with Gasteiger partial charge in [0.2, 0.25) is 5.91 Å². The van der Waals surface area contributed by atoms with E-state index in [0.29, 0.717) is 42.5 Å². The van der Waals surface area contributed by atoms with Crippen LogP contribution in [0, 0.1) is 11.3 Å². The summed E-state index contributed by atoms with van der Waals surface area (Å²) < 4.78 is 0. The first-order chi connectivity index (χ1) is 15.6. The summed E-state index contributed by atoms with van der Waals surface area (Å²) in [5.74, 6) is -0.585. The monoisotopic (exact) mass is 495 g/mol. The number of carbonyl (C=O) groups excluding carboxylic acids is 2. The van der Waals surface area contributed by atoms with Gasteiger partial charge < -0.3 is 15.3 Å². The van der Waals surface area contributed by atoms with Crippen molar-refractivity contribution in [2.45, 2.75) is 51.0 Å². The van der Waals surface area contributed by atoms with Crippen molar-refractivity contribution in [3.05, 3.63) is 33.8 Å². The van der Waals surface area contributed by atoms with Crippen LogP contribution in [0.3, 0.4) is 0 Å². The molecular formula is C24H31Cl2N3O4. The highest BCUT2D eigenvalue weighted by atomic mass is 35.5. The lowest BCUT2D eigenvalue weighted by Gasteiger charge is -2.45. The van der Waals surface area contributed by atoms with Crippen LogP contribution in [0.15, 0.2) is 18.2 Å². The Balaban J connectivity index is 1.63. The Bertz CT molecular complexity index is 959. The topological polar surface area (TPSA) is 90.0 Å². The molecule has 0 unspecified atom stereocenters. The maximum Gasteiger partial charge on any atom is 0.408 e. The van der Waals surface area contributed by atoms with Crippen molar-refractivity contribution in [3.8, 4) is 0 Å². The second-order valence-corrected chi connectivity index (χ2v) is 10.6. The van der Waals surface area contributed by atoms with E-state index in [-0.39, 0.29) is 42.0 Å². The minimum Gasteiger partial charge on any atom is -0.465 e. The third-order valence-electron chi connectivity index (χ3n) is 7.79. The summed E-state index contributed by atoms with van der Waals surface area (Å²) >= 11 is 12.4. The number of rotatable bonds is 6. The van der Waals surface area contributed by atoms with Gasteiger partial charge in [-0.25, -0.2) is 4.79 Å². The Kier molecular flexibility index (Phi) is 6.69. The molecule has 3 aliphatic rings. The summed E-state index contributed by atoms with van der Waals surface area (Å²) in [6.07, 6.45) is 1.83. The minimum absolute atomic E-state index is 0.0717. The molecule has 0 spiro atoms. The minimum atomic E-state index is -1.24. The number of benzene rings is 1. The number of Topliss-reactive ketones (excluding diaryl/α,β-unsaturated/α-hetero) is 1. The number of nitrogens with zero attached hydrogens (tertiary/aromatic N) is 2. The zero-order chi connectivity index (χ0) is 24.0. The maximum absolute atomic E-state index is 14.1. The molecule has 7 nitrogen and oxygen atoms in total. The fraction of sp³-hybridized carbons (Fsp3) is 0.625. The number of nitrogens with one attached hydrogen (secondary N) is 1. The van der Waals surface area contributed by atoms with E-state index in [1.165, 1.54) is 4.90 Å². The van der Waals surface area contributed by atoms with E-state index in [1.54, 1.807) is 19.1 Å². The fourth-order valence-corrected chi connectivity index (χ4v) is 5.87. The summed E-state index contributed by atoms with van der Waals surface area (Å²) in [6.45, 7) is 5.72. The van der Waals surface area contributed by atoms with Gasteiger partial charge in [-0.15, -0.1) is 0 Å². The van der Waals surface area contributed by atoms with Crippen LogP contribution < -0.4 is 5.32 Å². The molecule has 2 atom stereocenters. The van der Waals surface area contributed by atoms with E-state index in [4.69, 9.17) is 23.2 Å². The number of hydrogen-bond acceptors (Lipinski definition) is 4. The highest BCUT2D eigenvalue weighted by Crippen LogP contribution is 2.47. The number of ketones is 1. The highest BCUT2D eigenvalue weighted by molar-refractivity contribution is 6.42. The number of amides is 2. The van der Waals surface area contributed by atoms with Crippen LogP contribution in [0.1, 0.15) is 51.0 Å². The van der Waals surface area contributed by atoms with Crippen molar-refractivity contribution in [1.29, 1.82) is 0 Å². The molecule has 0 aromatic heterocycles. The van der Waals surface area contributed by atoms with Gasteiger partial charge in [-0.2, -0.15) is 0 Å². The van der Waals surface area contributed by atoms with E-state index in [0.717, 1.165) is 18.4 Å². The molecular weight excluding hydrogens is 465 g/mol. The van der Waals surface area contributed by atoms with Gasteiger partial charge in [0.05, 0.1) is 10.0 Å². The average Bonchev–Trinajstić information content (AvgIpc) is 3.40. The number of likely N-dealkylation sites (N-methyl/N-ethyl adjacent to an activating group) is 1. The second kappa shape index (κ2) is 9.08. The molecule has 1 aromatic carbocycles. The molecule has 4 rings (SSSR count). The summed E-state index contributed by atoms with van der Waals surface area (Å²) in [5, 5.41) is 14.1. The number of halogens is 2. The van der Waals surface area contributed by atoms with Gasteiger partial charge >= 0.3 is 6.09 Å². The molecule has 2 amide bonds. The number of hydrogen-bond donors (Lipinski definition) is 2. The van der Waals surface area contributed by atoms with Gasteiger partial charge in [-0.3, -0.25) is 14.5 Å². The Morgan fingerprint density at radius 1 is 1.18 bits per heavy atom. The number of piperidine rings is 1. The van der Waals surface area contributed by atoms with Crippen LogP contribution in [-0.4, -0.2) is 71.0 Å². The SMILES string of the molecule is CCN(C(=O)O)[C@@]1(C(=O)C2CCN(C(=O)C3(C)CC3)CC2)CNC[C@@H]1c1ccc(Cl)c(Cl)c1. The molecule has 33 heavy (non-hydrogen) atoms.